The molecule has 7 nitrogen and oxygen atoms in total. The van der Waals surface area contributed by atoms with Crippen molar-refractivity contribution in [2.75, 3.05) is 24.3 Å². The molecule has 348 valence electrons. The van der Waals surface area contributed by atoms with Gasteiger partial charge in [-0.25, -0.2) is 0 Å². The Bertz CT molecular complexity index is 3740. The van der Waals surface area contributed by atoms with Crippen LogP contribution in [0.3, 0.4) is 0 Å². The summed E-state index contributed by atoms with van der Waals surface area (Å²) in [5.41, 5.74) is 30.1. The lowest BCUT2D eigenvalue weighted by atomic mass is 9.28. The molecule has 0 saturated heterocycles. The first-order valence-electron chi connectivity index (χ1n) is 26.2. The summed E-state index contributed by atoms with van der Waals surface area (Å²) < 4.78 is 0. The molecule has 0 fully saturated rings. The van der Waals surface area contributed by atoms with Crippen molar-refractivity contribution in [3.63, 3.8) is 0 Å². The minimum Gasteiger partial charge on any atom is -0.376 e. The topological polar surface area (TPSA) is 42.0 Å². The van der Waals surface area contributed by atoms with Crippen LogP contribution in [0, 0.1) is 0 Å². The molecule has 0 atom stereocenters. The van der Waals surface area contributed by atoms with Crippen molar-refractivity contribution in [1.29, 1.82) is 0 Å². The third-order valence-corrected chi connectivity index (χ3v) is 16.9. The van der Waals surface area contributed by atoms with Gasteiger partial charge in [0.2, 0.25) is 0 Å². The zero-order valence-corrected chi connectivity index (χ0v) is 41.6. The third kappa shape index (κ3) is 5.49. The van der Waals surface area contributed by atoms with Gasteiger partial charge in [0.1, 0.15) is 0 Å². The maximum Gasteiger partial charge on any atom is 0.333 e. The van der Waals surface area contributed by atoms with Crippen molar-refractivity contribution in [1.82, 2.24) is 9.97 Å². The first-order chi connectivity index (χ1) is 36.4. The monoisotopic (exact) mass is 947 g/mol. The summed E-state index contributed by atoms with van der Waals surface area (Å²) in [5.74, 6) is 0.718. The van der Waals surface area contributed by atoms with E-state index in [9.17, 15) is 0 Å². The Morgan fingerprint density at radius 3 is 1.26 bits per heavy atom. The van der Waals surface area contributed by atoms with Crippen molar-refractivity contribution in [2.45, 2.75) is 39.5 Å². The molecule has 16 rings (SSSR count). The molecular formula is C64H48B3N7. The Morgan fingerprint density at radius 1 is 0.378 bits per heavy atom. The maximum atomic E-state index is 4.50. The summed E-state index contributed by atoms with van der Waals surface area (Å²) in [6.07, 6.45) is 7.57. The van der Waals surface area contributed by atoms with Crippen LogP contribution in [-0.4, -0.2) is 30.4 Å². The second-order valence-electron chi connectivity index (χ2n) is 21.3. The molecule has 0 spiro atoms. The van der Waals surface area contributed by atoms with Crippen LogP contribution in [0.1, 0.15) is 50.7 Å². The van der Waals surface area contributed by atoms with E-state index in [1.807, 2.05) is 24.8 Å². The van der Waals surface area contributed by atoms with Gasteiger partial charge >= 0.3 is 13.7 Å². The zero-order chi connectivity index (χ0) is 49.1. The molecular weight excluding hydrogens is 899 g/mol. The van der Waals surface area contributed by atoms with E-state index in [1.54, 1.807) is 0 Å². The number of rotatable bonds is 7. The van der Waals surface area contributed by atoms with E-state index < -0.39 is 0 Å². The van der Waals surface area contributed by atoms with Crippen molar-refractivity contribution in [2.24, 2.45) is 0 Å². The molecule has 8 aromatic carbocycles. The lowest BCUT2D eigenvalue weighted by Crippen LogP contribution is -2.74. The third-order valence-electron chi connectivity index (χ3n) is 16.9. The number of hydrogen-bond acceptors (Lipinski definition) is 7. The quantitative estimate of drug-likeness (QED) is 0.147. The standard InChI is InChI=1S/C64H48B3N7/c1-39(2)41-23-25-48-54(35-41)71-52-21-13-11-19-50(52)66-60-59-58-56(73(66)45-15-7-5-8-16-45)37-47(70(43-27-31-68-32-28-43)44-29-33-69-34-30-44)38-57(58)74(46-17-9-6-10-18-46)67-51-20-12-14-22-53(51)72-55-36-42(40(3)4)24-26-49(55)65(48)62(63(60)71)64(72)61(59)67/h5-40H,1-4H3. The number of hydrogen-bond donors (Lipinski definition) is 0. The Morgan fingerprint density at radius 2 is 0.811 bits per heavy atom. The molecule has 0 radical (unpaired) electrons. The predicted octanol–water partition coefficient (Wildman–Crippen LogP) is 11.1. The van der Waals surface area contributed by atoms with Crippen molar-refractivity contribution in [3.8, 4) is 11.1 Å². The maximum absolute atomic E-state index is 4.50. The number of pyridine rings is 2. The van der Waals surface area contributed by atoms with E-state index in [0.29, 0.717) is 11.8 Å². The largest absolute Gasteiger partial charge is 0.376 e. The van der Waals surface area contributed by atoms with Crippen molar-refractivity contribution in [3.05, 3.63) is 218 Å². The summed E-state index contributed by atoms with van der Waals surface area (Å²) in [6.45, 7) is 8.97. The normalized spacial score (nSPS) is 14.3. The smallest absolute Gasteiger partial charge is 0.333 e. The first-order valence-corrected chi connectivity index (χ1v) is 26.2. The summed E-state index contributed by atoms with van der Waals surface area (Å²) in [6, 6.07) is 69.1. The molecule has 74 heavy (non-hydrogen) atoms. The highest BCUT2D eigenvalue weighted by atomic mass is 15.2. The second kappa shape index (κ2) is 15.4. The van der Waals surface area contributed by atoms with Crippen LogP contribution in [0.4, 0.5) is 73.9 Å². The van der Waals surface area contributed by atoms with Gasteiger partial charge in [0, 0.05) is 98.6 Å². The van der Waals surface area contributed by atoms with Crippen LogP contribution in [0.15, 0.2) is 207 Å². The number of fused-ring (bicyclic) bond motifs is 12. The predicted molar refractivity (Wildman–Crippen MR) is 312 cm³/mol. The van der Waals surface area contributed by atoms with Gasteiger partial charge in [-0.1, -0.05) is 125 Å². The molecule has 6 aliphatic heterocycles. The van der Waals surface area contributed by atoms with E-state index in [1.165, 1.54) is 106 Å². The van der Waals surface area contributed by atoms with E-state index >= 15 is 0 Å². The van der Waals surface area contributed by atoms with Crippen LogP contribution in [-0.2, 0) is 0 Å². The summed E-state index contributed by atoms with van der Waals surface area (Å²) in [5, 5.41) is 0. The van der Waals surface area contributed by atoms with Crippen molar-refractivity contribution < 1.29 is 0 Å². The highest BCUT2D eigenvalue weighted by Gasteiger charge is 2.59. The Kier molecular flexibility index (Phi) is 8.70. The van der Waals surface area contributed by atoms with E-state index in [2.05, 4.69) is 244 Å². The highest BCUT2D eigenvalue weighted by Crippen LogP contribution is 2.58. The van der Waals surface area contributed by atoms with Gasteiger partial charge in [-0.3, -0.25) is 9.97 Å². The Hall–Kier alpha value is -8.75. The van der Waals surface area contributed by atoms with Gasteiger partial charge in [0.15, 0.2) is 0 Å². The van der Waals surface area contributed by atoms with Crippen LogP contribution in [0.25, 0.3) is 11.1 Å². The molecule has 10 aromatic rings. The van der Waals surface area contributed by atoms with E-state index in [-0.39, 0.29) is 20.4 Å². The van der Waals surface area contributed by atoms with Gasteiger partial charge in [0.25, 0.3) is 6.71 Å². The van der Waals surface area contributed by atoms with Crippen LogP contribution in [0.5, 0.6) is 0 Å². The zero-order valence-electron chi connectivity index (χ0n) is 41.6. The molecule has 0 aliphatic carbocycles. The summed E-state index contributed by atoms with van der Waals surface area (Å²) >= 11 is 0. The Balaban J connectivity index is 1.14. The second-order valence-corrected chi connectivity index (χ2v) is 21.3. The summed E-state index contributed by atoms with van der Waals surface area (Å²) in [4.78, 5) is 22.2. The first kappa shape index (κ1) is 41.8. The lowest BCUT2D eigenvalue weighted by Gasteiger charge is -2.57. The number of benzene rings is 8. The highest BCUT2D eigenvalue weighted by molar-refractivity contribution is 7.05. The van der Waals surface area contributed by atoms with Crippen LogP contribution >= 0.6 is 0 Å². The molecule has 6 aliphatic rings. The fraction of sp³-hybridized carbons (Fsp3) is 0.0938. The number of para-hydroxylation sites is 4. The number of aromatic nitrogens is 2. The average Bonchev–Trinajstić information content (AvgIpc) is 3.45. The summed E-state index contributed by atoms with van der Waals surface area (Å²) in [7, 11) is 0. The molecule has 2 aromatic heterocycles. The SMILES string of the molecule is CC(C)c1ccc2c(c1)N1c3ccccc3B3c4c5c6c7c(c41)B2c1ccc(C(C)C)cc1N7c1ccccc1B6N(c1ccccc1)c1cc(N(c2ccncc2)c2ccncc2)cc(c1-5)N3c1ccccc1. The molecule has 0 N–H and O–H groups in total. The van der Waals surface area contributed by atoms with Crippen LogP contribution in [0.2, 0.25) is 0 Å². The molecule has 0 saturated carbocycles. The average molecular weight is 948 g/mol. The van der Waals surface area contributed by atoms with E-state index in [4.69, 9.17) is 0 Å². The Labute approximate surface area is 433 Å². The number of nitrogens with zero attached hydrogens (tertiary/aromatic N) is 7. The fourth-order valence-corrected chi connectivity index (χ4v) is 13.8. The van der Waals surface area contributed by atoms with Gasteiger partial charge in [0.05, 0.1) is 5.69 Å². The van der Waals surface area contributed by atoms with E-state index in [0.717, 1.165) is 28.4 Å². The minimum absolute atomic E-state index is 0.00639. The molecule has 0 bridgehead atoms. The van der Waals surface area contributed by atoms with Gasteiger partial charge in [-0.2, -0.15) is 0 Å². The molecule has 8 heterocycles. The van der Waals surface area contributed by atoms with Gasteiger partial charge in [-0.05, 0) is 152 Å². The molecule has 10 heteroatoms. The molecule has 0 amide bonds. The fourth-order valence-electron chi connectivity index (χ4n) is 13.8. The minimum atomic E-state index is -0.169. The molecule has 0 unspecified atom stereocenters. The van der Waals surface area contributed by atoms with Crippen LogP contribution < -0.4 is 62.6 Å². The van der Waals surface area contributed by atoms with Gasteiger partial charge in [-0.15, -0.1) is 0 Å². The van der Waals surface area contributed by atoms with Crippen molar-refractivity contribution >= 4 is 133 Å². The van der Waals surface area contributed by atoms with Gasteiger partial charge < -0.3 is 24.3 Å². The number of anilines is 13. The lowest BCUT2D eigenvalue weighted by molar-refractivity contribution is 0.866.